The summed E-state index contributed by atoms with van der Waals surface area (Å²) in [5.41, 5.74) is 5.51. The normalized spacial score (nSPS) is 29.6. The molecule has 32 heavy (non-hydrogen) atoms. The van der Waals surface area contributed by atoms with Crippen LogP contribution in [0.15, 0.2) is 42.5 Å². The Balaban J connectivity index is 1.27. The van der Waals surface area contributed by atoms with Crippen LogP contribution >= 0.6 is 11.6 Å². The first kappa shape index (κ1) is 22.4. The van der Waals surface area contributed by atoms with Gasteiger partial charge in [-0.2, -0.15) is 0 Å². The number of rotatable bonds is 5. The van der Waals surface area contributed by atoms with Gasteiger partial charge in [0.2, 0.25) is 0 Å². The molecule has 3 nitrogen and oxygen atoms in total. The van der Waals surface area contributed by atoms with E-state index < -0.39 is 6.10 Å². The Labute approximate surface area is 196 Å². The second-order valence-electron chi connectivity index (χ2n) is 10.5. The van der Waals surface area contributed by atoms with Crippen LogP contribution in [0.3, 0.4) is 0 Å². The molecule has 0 bridgehead atoms. The summed E-state index contributed by atoms with van der Waals surface area (Å²) in [4.78, 5) is 0. The molecule has 0 radical (unpaired) electrons. The zero-order valence-electron chi connectivity index (χ0n) is 18.8. The molecule has 2 N–H and O–H groups in total. The fraction of sp³-hybridized carbons (Fsp3) is 0.571. The lowest BCUT2D eigenvalue weighted by Gasteiger charge is -2.32. The quantitative estimate of drug-likeness (QED) is 0.554. The lowest BCUT2D eigenvalue weighted by atomic mass is 9.82. The van der Waals surface area contributed by atoms with E-state index in [2.05, 4.69) is 30.3 Å². The lowest BCUT2D eigenvalue weighted by Crippen LogP contribution is -2.33. The van der Waals surface area contributed by atoms with E-state index in [1.165, 1.54) is 56.1 Å². The van der Waals surface area contributed by atoms with E-state index in [1.807, 2.05) is 12.1 Å². The molecule has 1 spiro atoms. The first-order chi connectivity index (χ1) is 15.5. The van der Waals surface area contributed by atoms with Crippen molar-refractivity contribution in [2.24, 2.45) is 5.41 Å². The van der Waals surface area contributed by atoms with Crippen molar-refractivity contribution in [3.05, 3.63) is 69.7 Å². The maximum absolute atomic E-state index is 10.2. The van der Waals surface area contributed by atoms with Gasteiger partial charge in [-0.1, -0.05) is 60.8 Å². The van der Waals surface area contributed by atoms with Crippen molar-refractivity contribution >= 4 is 11.6 Å². The van der Waals surface area contributed by atoms with Gasteiger partial charge < -0.3 is 14.9 Å². The molecule has 5 rings (SSSR count). The van der Waals surface area contributed by atoms with Gasteiger partial charge in [0, 0.05) is 17.9 Å². The highest BCUT2D eigenvalue weighted by Crippen LogP contribution is 2.55. The highest BCUT2D eigenvalue weighted by atomic mass is 35.5. The predicted molar refractivity (Wildman–Crippen MR) is 128 cm³/mol. The van der Waals surface area contributed by atoms with Crippen molar-refractivity contribution in [3.63, 3.8) is 0 Å². The van der Waals surface area contributed by atoms with Crippen molar-refractivity contribution in [2.75, 3.05) is 6.61 Å². The van der Waals surface area contributed by atoms with Crippen LogP contribution in [0.4, 0.5) is 0 Å². The lowest BCUT2D eigenvalue weighted by molar-refractivity contribution is -0.113. The molecule has 1 aliphatic heterocycles. The van der Waals surface area contributed by atoms with Crippen molar-refractivity contribution < 1.29 is 14.9 Å². The van der Waals surface area contributed by atoms with Gasteiger partial charge >= 0.3 is 0 Å². The number of benzene rings is 2. The van der Waals surface area contributed by atoms with Crippen LogP contribution in [0, 0.1) is 5.41 Å². The molecule has 3 fully saturated rings. The van der Waals surface area contributed by atoms with E-state index in [0.717, 1.165) is 28.5 Å². The van der Waals surface area contributed by atoms with E-state index in [9.17, 15) is 10.2 Å². The van der Waals surface area contributed by atoms with E-state index >= 15 is 0 Å². The van der Waals surface area contributed by atoms with Crippen molar-refractivity contribution in [1.82, 2.24) is 0 Å². The Kier molecular flexibility index (Phi) is 6.63. The Morgan fingerprint density at radius 3 is 2.47 bits per heavy atom. The summed E-state index contributed by atoms with van der Waals surface area (Å²) in [6.45, 7) is -0.0670. The average molecular weight is 455 g/mol. The maximum Gasteiger partial charge on any atom is 0.0854 e. The summed E-state index contributed by atoms with van der Waals surface area (Å²) in [7, 11) is 0. The molecule has 2 aliphatic carbocycles. The van der Waals surface area contributed by atoms with Gasteiger partial charge in [0.1, 0.15) is 0 Å². The molecule has 2 aromatic rings. The molecule has 1 saturated heterocycles. The fourth-order valence-corrected chi connectivity index (χ4v) is 6.64. The Hall–Kier alpha value is -1.39. The average Bonchev–Trinajstić information content (AvgIpc) is 3.45. The third-order valence-electron chi connectivity index (χ3n) is 8.24. The molecule has 0 amide bonds. The summed E-state index contributed by atoms with van der Waals surface area (Å²) in [6, 6.07) is 15.2. The Morgan fingerprint density at radius 1 is 0.969 bits per heavy atom. The van der Waals surface area contributed by atoms with Gasteiger partial charge in [0.05, 0.1) is 24.9 Å². The first-order valence-corrected chi connectivity index (χ1v) is 12.7. The molecule has 1 heterocycles. The standard InChI is InChI=1S/C28H35ClO3/c29-26-8-7-21(27-16-24(31)15-25(18-30)32-27)14-23(26)13-19-3-5-20(6-4-19)22-9-12-28(17-22)10-1-2-11-28/h3-8,14,22,24-25,27,30-31H,1-2,9-13,15-18H2/t22?,24?,25?,27-/m1/s1. The molecule has 4 atom stereocenters. The third-order valence-corrected chi connectivity index (χ3v) is 8.60. The minimum atomic E-state index is -0.448. The number of aliphatic hydroxyl groups is 2. The Bertz CT molecular complexity index is 919. The zero-order chi connectivity index (χ0) is 22.1. The van der Waals surface area contributed by atoms with E-state index in [-0.39, 0.29) is 18.8 Å². The summed E-state index contributed by atoms with van der Waals surface area (Å²) in [5, 5.41) is 20.4. The van der Waals surface area contributed by atoms with Crippen LogP contribution in [0.25, 0.3) is 0 Å². The molecule has 0 aromatic heterocycles. The third kappa shape index (κ3) is 4.77. The zero-order valence-corrected chi connectivity index (χ0v) is 19.6. The second-order valence-corrected chi connectivity index (χ2v) is 10.9. The van der Waals surface area contributed by atoms with Crippen LogP contribution in [-0.2, 0) is 11.2 Å². The van der Waals surface area contributed by atoms with Gasteiger partial charge in [-0.05, 0) is 78.2 Å². The van der Waals surface area contributed by atoms with E-state index in [4.69, 9.17) is 16.3 Å². The van der Waals surface area contributed by atoms with Crippen molar-refractivity contribution in [3.8, 4) is 0 Å². The van der Waals surface area contributed by atoms with E-state index in [0.29, 0.717) is 18.3 Å². The fourth-order valence-electron chi connectivity index (χ4n) is 6.45. The second kappa shape index (κ2) is 9.46. The van der Waals surface area contributed by atoms with Gasteiger partial charge in [0.25, 0.3) is 0 Å². The molecule has 3 unspecified atom stereocenters. The molecule has 2 aromatic carbocycles. The summed E-state index contributed by atoms with van der Waals surface area (Å²) >= 11 is 6.54. The largest absolute Gasteiger partial charge is 0.394 e. The first-order valence-electron chi connectivity index (χ1n) is 12.4. The number of hydrogen-bond acceptors (Lipinski definition) is 3. The molecule has 172 valence electrons. The van der Waals surface area contributed by atoms with Crippen molar-refractivity contribution in [2.45, 2.75) is 88.4 Å². The van der Waals surface area contributed by atoms with E-state index in [1.54, 1.807) is 0 Å². The highest BCUT2D eigenvalue weighted by Gasteiger charge is 2.41. The Morgan fingerprint density at radius 2 is 1.72 bits per heavy atom. The number of aliphatic hydroxyl groups excluding tert-OH is 2. The van der Waals surface area contributed by atoms with Gasteiger partial charge in [-0.25, -0.2) is 0 Å². The van der Waals surface area contributed by atoms with Crippen LogP contribution in [0.2, 0.25) is 5.02 Å². The molecular weight excluding hydrogens is 420 g/mol. The summed E-state index contributed by atoms with van der Waals surface area (Å²) < 4.78 is 6.00. The van der Waals surface area contributed by atoms with Crippen LogP contribution in [-0.4, -0.2) is 29.0 Å². The minimum absolute atomic E-state index is 0.0670. The van der Waals surface area contributed by atoms with Gasteiger partial charge in [-0.3, -0.25) is 0 Å². The highest BCUT2D eigenvalue weighted by molar-refractivity contribution is 6.31. The molecular formula is C28H35ClO3. The number of halogens is 1. The van der Waals surface area contributed by atoms with Crippen LogP contribution < -0.4 is 0 Å². The SMILES string of the molecule is OCC1CC(O)C[C@H](c2ccc(Cl)c(Cc3ccc(C4CCC5(CCCC5)C4)cc3)c2)O1. The van der Waals surface area contributed by atoms with Gasteiger partial charge in [-0.15, -0.1) is 0 Å². The number of ether oxygens (including phenoxy) is 1. The monoisotopic (exact) mass is 454 g/mol. The molecule has 4 heteroatoms. The van der Waals surface area contributed by atoms with Crippen molar-refractivity contribution in [1.29, 1.82) is 0 Å². The van der Waals surface area contributed by atoms with Crippen LogP contribution in [0.1, 0.15) is 92.1 Å². The maximum atomic E-state index is 10.2. The minimum Gasteiger partial charge on any atom is -0.394 e. The topological polar surface area (TPSA) is 49.7 Å². The molecule has 2 saturated carbocycles. The summed E-state index contributed by atoms with van der Waals surface area (Å²) in [5.74, 6) is 0.725. The van der Waals surface area contributed by atoms with Gasteiger partial charge in [0.15, 0.2) is 0 Å². The van der Waals surface area contributed by atoms with Crippen LogP contribution in [0.5, 0.6) is 0 Å². The molecule has 3 aliphatic rings. The predicted octanol–water partition coefficient (Wildman–Crippen LogP) is 6.33. The number of hydrogen-bond donors (Lipinski definition) is 2. The smallest absolute Gasteiger partial charge is 0.0854 e. The summed E-state index contributed by atoms with van der Waals surface area (Å²) in [6.07, 6.45) is 10.7.